The summed E-state index contributed by atoms with van der Waals surface area (Å²) in [6.07, 6.45) is 0.828. The smallest absolute Gasteiger partial charge is 0.123 e. The Balaban J connectivity index is 1.66. The van der Waals surface area contributed by atoms with Gasteiger partial charge in [-0.1, -0.05) is 6.92 Å². The lowest BCUT2D eigenvalue weighted by Gasteiger charge is -2.46. The highest BCUT2D eigenvalue weighted by Gasteiger charge is 2.38. The van der Waals surface area contributed by atoms with Crippen LogP contribution in [0.3, 0.4) is 0 Å². The summed E-state index contributed by atoms with van der Waals surface area (Å²) in [5, 5.41) is 9.85. The van der Waals surface area contributed by atoms with Gasteiger partial charge in [0.15, 0.2) is 0 Å². The number of benzene rings is 1. The third-order valence-corrected chi connectivity index (χ3v) is 4.18. The minimum absolute atomic E-state index is 0.190. The molecule has 17 heavy (non-hydrogen) atoms. The summed E-state index contributed by atoms with van der Waals surface area (Å²) in [5.41, 5.74) is -0.444. The van der Waals surface area contributed by atoms with Gasteiger partial charge in [0.25, 0.3) is 0 Å². The molecule has 4 heteroatoms. The Morgan fingerprint density at radius 2 is 2.00 bits per heavy atom. The molecule has 1 fully saturated rings. The average molecular weight is 255 g/mol. The molecule has 0 unspecified atom stereocenters. The molecular formula is C13H18FNOS. The molecule has 1 heterocycles. The molecule has 0 saturated carbocycles. The molecule has 0 aliphatic carbocycles. The first kappa shape index (κ1) is 12.9. The number of likely N-dealkylation sites (tertiary alicyclic amines) is 1. The van der Waals surface area contributed by atoms with Gasteiger partial charge in [0.05, 0.1) is 5.60 Å². The maximum atomic E-state index is 12.7. The van der Waals surface area contributed by atoms with E-state index in [4.69, 9.17) is 0 Å². The first-order valence-electron chi connectivity index (χ1n) is 5.94. The van der Waals surface area contributed by atoms with Gasteiger partial charge in [-0.2, -0.15) is 0 Å². The standard InChI is InChI=1S/C13H18FNOS/c1-2-13(16)9-15(10-13)7-8-17-12-5-3-11(14)4-6-12/h3-6,16H,2,7-10H2,1H3. The van der Waals surface area contributed by atoms with E-state index in [9.17, 15) is 9.50 Å². The third-order valence-electron chi connectivity index (χ3n) is 3.18. The van der Waals surface area contributed by atoms with Crippen LogP contribution < -0.4 is 0 Å². The van der Waals surface area contributed by atoms with E-state index >= 15 is 0 Å². The molecule has 94 valence electrons. The second kappa shape index (κ2) is 5.38. The molecule has 1 aliphatic rings. The highest BCUT2D eigenvalue weighted by molar-refractivity contribution is 7.99. The molecule has 1 N–H and O–H groups in total. The highest BCUT2D eigenvalue weighted by Crippen LogP contribution is 2.25. The first-order valence-corrected chi connectivity index (χ1v) is 6.93. The molecule has 0 amide bonds. The van der Waals surface area contributed by atoms with E-state index in [1.165, 1.54) is 12.1 Å². The maximum Gasteiger partial charge on any atom is 0.123 e. The van der Waals surface area contributed by atoms with Crippen molar-refractivity contribution in [1.29, 1.82) is 0 Å². The number of hydrogen-bond acceptors (Lipinski definition) is 3. The minimum Gasteiger partial charge on any atom is -0.387 e. The van der Waals surface area contributed by atoms with Crippen molar-refractivity contribution in [3.8, 4) is 0 Å². The van der Waals surface area contributed by atoms with E-state index in [2.05, 4.69) is 4.90 Å². The fourth-order valence-electron chi connectivity index (χ4n) is 1.99. The summed E-state index contributed by atoms with van der Waals surface area (Å²) in [6, 6.07) is 6.58. The third kappa shape index (κ3) is 3.44. The summed E-state index contributed by atoms with van der Waals surface area (Å²) >= 11 is 1.72. The molecule has 2 rings (SSSR count). The summed E-state index contributed by atoms with van der Waals surface area (Å²) in [6.45, 7) is 4.57. The van der Waals surface area contributed by atoms with Crippen LogP contribution >= 0.6 is 11.8 Å². The van der Waals surface area contributed by atoms with Crippen LogP contribution in [-0.4, -0.2) is 41.0 Å². The number of nitrogens with zero attached hydrogens (tertiary/aromatic N) is 1. The number of β-amino-alcohol motifs (C(OH)–C–C–N with tert-alkyl or cyclic N) is 1. The Morgan fingerprint density at radius 3 is 2.59 bits per heavy atom. The predicted molar refractivity (Wildman–Crippen MR) is 68.8 cm³/mol. The average Bonchev–Trinajstić information content (AvgIpc) is 2.29. The van der Waals surface area contributed by atoms with E-state index in [1.54, 1.807) is 23.9 Å². The van der Waals surface area contributed by atoms with E-state index < -0.39 is 5.60 Å². The Hall–Kier alpha value is -0.580. The van der Waals surface area contributed by atoms with Crippen LogP contribution in [0.25, 0.3) is 0 Å². The molecule has 0 radical (unpaired) electrons. The van der Waals surface area contributed by atoms with Gasteiger partial charge in [0.2, 0.25) is 0 Å². The molecule has 2 nitrogen and oxygen atoms in total. The Kier molecular flexibility index (Phi) is 4.07. The van der Waals surface area contributed by atoms with Crippen molar-refractivity contribution < 1.29 is 9.50 Å². The van der Waals surface area contributed by atoms with E-state index in [-0.39, 0.29) is 5.82 Å². The van der Waals surface area contributed by atoms with Crippen molar-refractivity contribution in [2.24, 2.45) is 0 Å². The van der Waals surface area contributed by atoms with Crippen LogP contribution in [0, 0.1) is 5.82 Å². The van der Waals surface area contributed by atoms with Crippen molar-refractivity contribution in [2.75, 3.05) is 25.4 Å². The minimum atomic E-state index is -0.444. The second-order valence-corrected chi connectivity index (χ2v) is 5.76. The number of halogens is 1. The monoisotopic (exact) mass is 255 g/mol. The molecule has 1 aromatic carbocycles. The van der Waals surface area contributed by atoms with Crippen LogP contribution in [0.15, 0.2) is 29.2 Å². The number of thioether (sulfide) groups is 1. The summed E-state index contributed by atoms with van der Waals surface area (Å²) in [7, 11) is 0. The highest BCUT2D eigenvalue weighted by atomic mass is 32.2. The van der Waals surface area contributed by atoms with Gasteiger partial charge in [-0.3, -0.25) is 4.90 Å². The van der Waals surface area contributed by atoms with Gasteiger partial charge < -0.3 is 5.11 Å². The topological polar surface area (TPSA) is 23.5 Å². The van der Waals surface area contributed by atoms with Crippen LogP contribution in [0.5, 0.6) is 0 Å². The number of aliphatic hydroxyl groups is 1. The summed E-state index contributed by atoms with van der Waals surface area (Å²) < 4.78 is 12.7. The Bertz CT molecular complexity index is 362. The molecule has 0 aromatic heterocycles. The van der Waals surface area contributed by atoms with Gasteiger partial charge in [0, 0.05) is 30.3 Å². The van der Waals surface area contributed by atoms with Crippen LogP contribution in [-0.2, 0) is 0 Å². The van der Waals surface area contributed by atoms with Crippen molar-refractivity contribution in [2.45, 2.75) is 23.8 Å². The lowest BCUT2D eigenvalue weighted by molar-refractivity contribution is -0.0965. The zero-order valence-corrected chi connectivity index (χ0v) is 10.8. The molecule has 1 aliphatic heterocycles. The van der Waals surface area contributed by atoms with Gasteiger partial charge in [-0.25, -0.2) is 4.39 Å². The quantitative estimate of drug-likeness (QED) is 0.817. The van der Waals surface area contributed by atoms with Gasteiger partial charge in [-0.15, -0.1) is 11.8 Å². The molecule has 0 atom stereocenters. The lowest BCUT2D eigenvalue weighted by atomic mass is 9.92. The maximum absolute atomic E-state index is 12.7. The van der Waals surface area contributed by atoms with Crippen molar-refractivity contribution in [3.05, 3.63) is 30.1 Å². The van der Waals surface area contributed by atoms with Crippen LogP contribution in [0.4, 0.5) is 4.39 Å². The summed E-state index contributed by atoms with van der Waals surface area (Å²) in [5.74, 6) is 0.788. The van der Waals surface area contributed by atoms with Gasteiger partial charge >= 0.3 is 0 Å². The van der Waals surface area contributed by atoms with Crippen molar-refractivity contribution in [3.63, 3.8) is 0 Å². The fourth-order valence-corrected chi connectivity index (χ4v) is 2.91. The molecule has 0 bridgehead atoms. The molecule has 1 aromatic rings. The zero-order valence-electron chi connectivity index (χ0n) is 10.0. The summed E-state index contributed by atoms with van der Waals surface area (Å²) in [4.78, 5) is 3.35. The molecular weight excluding hydrogens is 237 g/mol. The van der Waals surface area contributed by atoms with E-state index in [0.717, 1.165) is 36.7 Å². The molecule has 1 saturated heterocycles. The fraction of sp³-hybridized carbons (Fsp3) is 0.538. The SMILES string of the molecule is CCC1(O)CN(CCSc2ccc(F)cc2)C1. The zero-order chi connectivity index (χ0) is 12.3. The Morgan fingerprint density at radius 1 is 1.35 bits per heavy atom. The molecule has 0 spiro atoms. The number of rotatable bonds is 5. The van der Waals surface area contributed by atoms with Crippen molar-refractivity contribution in [1.82, 2.24) is 4.90 Å². The Labute approximate surface area is 106 Å². The van der Waals surface area contributed by atoms with Crippen molar-refractivity contribution >= 4 is 11.8 Å². The second-order valence-electron chi connectivity index (χ2n) is 4.59. The lowest BCUT2D eigenvalue weighted by Crippen LogP contribution is -2.61. The first-order chi connectivity index (χ1) is 8.11. The van der Waals surface area contributed by atoms with E-state index in [1.807, 2.05) is 6.92 Å². The normalized spacial score (nSPS) is 19.0. The number of hydrogen-bond donors (Lipinski definition) is 1. The van der Waals surface area contributed by atoms with Crippen LogP contribution in [0.2, 0.25) is 0 Å². The van der Waals surface area contributed by atoms with Crippen LogP contribution in [0.1, 0.15) is 13.3 Å². The van der Waals surface area contributed by atoms with Gasteiger partial charge in [0.1, 0.15) is 5.82 Å². The van der Waals surface area contributed by atoms with Gasteiger partial charge in [-0.05, 0) is 30.7 Å². The predicted octanol–water partition coefficient (Wildman–Crippen LogP) is 2.37. The largest absolute Gasteiger partial charge is 0.387 e. The van der Waals surface area contributed by atoms with E-state index in [0.29, 0.717) is 0 Å².